The quantitative estimate of drug-likeness (QED) is 0.762. The van der Waals surface area contributed by atoms with Crippen LogP contribution >= 0.6 is 0 Å². The van der Waals surface area contributed by atoms with Crippen molar-refractivity contribution in [3.63, 3.8) is 0 Å². The highest BCUT2D eigenvalue weighted by Gasteiger charge is 2.52. The Morgan fingerprint density at radius 2 is 1.84 bits per heavy atom. The summed E-state index contributed by atoms with van der Waals surface area (Å²) in [6.07, 6.45) is 1.39. The molecule has 102 valence electrons. The van der Waals surface area contributed by atoms with Crippen molar-refractivity contribution < 1.29 is 19.2 Å². The highest BCUT2D eigenvalue weighted by Crippen LogP contribution is 2.36. The van der Waals surface area contributed by atoms with Crippen molar-refractivity contribution in [3.05, 3.63) is 17.8 Å². The van der Waals surface area contributed by atoms with E-state index in [1.54, 1.807) is 0 Å². The third-order valence-corrected chi connectivity index (χ3v) is 3.69. The minimum absolute atomic E-state index is 0.0472. The summed E-state index contributed by atoms with van der Waals surface area (Å²) in [5, 5.41) is 9.22. The van der Waals surface area contributed by atoms with E-state index in [0.29, 0.717) is 5.46 Å². The molecule has 0 aromatic carbocycles. The number of aromatic carboxylic acids is 1. The van der Waals surface area contributed by atoms with Gasteiger partial charge in [-0.1, -0.05) is 0 Å². The summed E-state index contributed by atoms with van der Waals surface area (Å²) < 4.78 is 11.6. The van der Waals surface area contributed by atoms with Gasteiger partial charge in [-0.05, 0) is 33.8 Å². The summed E-state index contributed by atoms with van der Waals surface area (Å²) in [4.78, 5) is 15.2. The van der Waals surface area contributed by atoms with Crippen LogP contribution < -0.4 is 11.2 Å². The van der Waals surface area contributed by atoms with E-state index in [1.165, 1.54) is 12.3 Å². The first kappa shape index (κ1) is 13.8. The maximum absolute atomic E-state index is 11.3. The first-order valence-electron chi connectivity index (χ1n) is 5.98. The lowest BCUT2D eigenvalue weighted by atomic mass is 9.77. The van der Waals surface area contributed by atoms with Crippen LogP contribution in [0.3, 0.4) is 0 Å². The van der Waals surface area contributed by atoms with Gasteiger partial charge in [0.05, 0.1) is 16.8 Å². The first-order valence-corrected chi connectivity index (χ1v) is 5.98. The maximum atomic E-state index is 11.3. The number of anilines is 1. The molecule has 2 rings (SSSR count). The number of carboxylic acid groups (broad SMARTS) is 1. The number of hydrogen-bond donors (Lipinski definition) is 2. The molecule has 0 bridgehead atoms. The van der Waals surface area contributed by atoms with Crippen LogP contribution in [-0.2, 0) is 9.31 Å². The van der Waals surface area contributed by atoms with Crippen LogP contribution in [0, 0.1) is 0 Å². The molecule has 6 nitrogen and oxygen atoms in total. The molecule has 0 unspecified atom stereocenters. The third-order valence-electron chi connectivity index (χ3n) is 3.69. The highest BCUT2D eigenvalue weighted by atomic mass is 16.7. The summed E-state index contributed by atoms with van der Waals surface area (Å²) in [7, 11) is -0.760. The van der Waals surface area contributed by atoms with Crippen molar-refractivity contribution in [3.8, 4) is 0 Å². The van der Waals surface area contributed by atoms with Crippen LogP contribution in [0.25, 0.3) is 0 Å². The first-order chi connectivity index (χ1) is 8.64. The highest BCUT2D eigenvalue weighted by molar-refractivity contribution is 6.63. The lowest BCUT2D eigenvalue weighted by Crippen LogP contribution is -2.41. The Kier molecular flexibility index (Phi) is 3.06. The largest absolute Gasteiger partial charge is 0.497 e. The Morgan fingerprint density at radius 1 is 1.32 bits per heavy atom. The number of nitrogens with zero attached hydrogens (tertiary/aromatic N) is 1. The van der Waals surface area contributed by atoms with E-state index in [2.05, 4.69) is 4.98 Å². The van der Waals surface area contributed by atoms with Gasteiger partial charge < -0.3 is 20.1 Å². The van der Waals surface area contributed by atoms with Gasteiger partial charge in [-0.2, -0.15) is 0 Å². The predicted molar refractivity (Wildman–Crippen MR) is 71.3 cm³/mol. The molecule has 1 aromatic heterocycles. The van der Waals surface area contributed by atoms with Gasteiger partial charge in [-0.25, -0.2) is 9.78 Å². The van der Waals surface area contributed by atoms with E-state index in [9.17, 15) is 9.90 Å². The zero-order valence-electron chi connectivity index (χ0n) is 11.4. The Morgan fingerprint density at radius 3 is 2.32 bits per heavy atom. The molecule has 2 heterocycles. The molecule has 0 saturated carbocycles. The number of pyridine rings is 1. The van der Waals surface area contributed by atoms with Gasteiger partial charge in [0, 0.05) is 11.7 Å². The van der Waals surface area contributed by atoms with Crippen LogP contribution in [0.15, 0.2) is 12.3 Å². The van der Waals surface area contributed by atoms with Crippen molar-refractivity contribution in [1.82, 2.24) is 4.98 Å². The lowest BCUT2D eigenvalue weighted by molar-refractivity contribution is 0.00578. The molecule has 1 aromatic rings. The lowest BCUT2D eigenvalue weighted by Gasteiger charge is -2.32. The smallest absolute Gasteiger partial charge is 0.478 e. The Labute approximate surface area is 112 Å². The fraction of sp³-hybridized carbons (Fsp3) is 0.500. The monoisotopic (exact) mass is 264 g/mol. The van der Waals surface area contributed by atoms with E-state index in [1.807, 2.05) is 27.7 Å². The maximum Gasteiger partial charge on any atom is 0.497 e. The summed E-state index contributed by atoms with van der Waals surface area (Å²) in [6, 6.07) is 1.31. The number of nitrogen functional groups attached to an aromatic ring is 1. The minimum Gasteiger partial charge on any atom is -0.478 e. The summed E-state index contributed by atoms with van der Waals surface area (Å²) in [5.41, 5.74) is 4.87. The third kappa shape index (κ3) is 2.31. The van der Waals surface area contributed by atoms with Gasteiger partial charge in [-0.3, -0.25) is 0 Å². The summed E-state index contributed by atoms with van der Waals surface area (Å²) in [6.45, 7) is 7.60. The van der Waals surface area contributed by atoms with E-state index in [0.717, 1.165) is 0 Å². The van der Waals surface area contributed by atoms with E-state index < -0.39 is 24.3 Å². The van der Waals surface area contributed by atoms with E-state index >= 15 is 0 Å². The number of nitrogens with two attached hydrogens (primary N) is 1. The molecular formula is C12H17BN2O4. The SMILES string of the molecule is CC1(C)OB(c2cnc(N)cc2C(=O)O)OC1(C)C. The molecule has 1 fully saturated rings. The zero-order valence-corrected chi connectivity index (χ0v) is 11.4. The molecule has 0 amide bonds. The van der Waals surface area contributed by atoms with Gasteiger partial charge >= 0.3 is 13.1 Å². The molecule has 1 aliphatic heterocycles. The fourth-order valence-electron chi connectivity index (χ4n) is 1.83. The molecule has 0 radical (unpaired) electrons. The second kappa shape index (κ2) is 4.21. The van der Waals surface area contributed by atoms with Gasteiger partial charge in [0.1, 0.15) is 5.82 Å². The van der Waals surface area contributed by atoms with Gasteiger partial charge in [0.25, 0.3) is 0 Å². The fourth-order valence-corrected chi connectivity index (χ4v) is 1.83. The number of carboxylic acids is 1. The Bertz CT molecular complexity index is 514. The summed E-state index contributed by atoms with van der Waals surface area (Å²) >= 11 is 0. The van der Waals surface area contributed by atoms with Crippen molar-refractivity contribution in [1.29, 1.82) is 0 Å². The number of carbonyl (C=O) groups is 1. The Hall–Kier alpha value is -1.60. The number of hydrogen-bond acceptors (Lipinski definition) is 5. The zero-order chi connectivity index (χ0) is 14.4. The van der Waals surface area contributed by atoms with E-state index in [-0.39, 0.29) is 11.4 Å². The summed E-state index contributed by atoms with van der Waals surface area (Å²) in [5.74, 6) is -0.934. The van der Waals surface area contributed by atoms with Crippen molar-refractivity contribution in [2.45, 2.75) is 38.9 Å². The van der Waals surface area contributed by atoms with Gasteiger partial charge in [0.2, 0.25) is 0 Å². The molecule has 0 aliphatic carbocycles. The predicted octanol–water partition coefficient (Wildman–Crippen LogP) is 0.661. The molecular weight excluding hydrogens is 247 g/mol. The molecule has 7 heteroatoms. The van der Waals surface area contributed by atoms with E-state index in [4.69, 9.17) is 15.0 Å². The topological polar surface area (TPSA) is 94.7 Å². The van der Waals surface area contributed by atoms with Crippen LogP contribution in [0.1, 0.15) is 38.1 Å². The normalized spacial score (nSPS) is 20.5. The van der Waals surface area contributed by atoms with Crippen LogP contribution in [0.2, 0.25) is 0 Å². The molecule has 0 spiro atoms. The van der Waals surface area contributed by atoms with Crippen molar-refractivity contribution >= 4 is 24.4 Å². The van der Waals surface area contributed by atoms with Crippen LogP contribution in [-0.4, -0.2) is 34.4 Å². The van der Waals surface area contributed by atoms with Crippen LogP contribution in [0.4, 0.5) is 5.82 Å². The average Bonchev–Trinajstić information content (AvgIpc) is 2.47. The second-order valence-corrected chi connectivity index (χ2v) is 5.59. The van der Waals surface area contributed by atoms with Crippen LogP contribution in [0.5, 0.6) is 0 Å². The Balaban J connectivity index is 2.42. The van der Waals surface area contributed by atoms with Gasteiger partial charge in [-0.15, -0.1) is 0 Å². The standard InChI is InChI=1S/C12H17BN2O4/c1-11(2)12(3,4)19-13(18-11)8-6-15-9(14)5-7(8)10(16)17/h5-6H,1-4H3,(H2,14,15)(H,16,17). The molecule has 19 heavy (non-hydrogen) atoms. The minimum atomic E-state index is -1.08. The average molecular weight is 264 g/mol. The number of aromatic nitrogens is 1. The van der Waals surface area contributed by atoms with Crippen molar-refractivity contribution in [2.24, 2.45) is 0 Å². The van der Waals surface area contributed by atoms with Crippen molar-refractivity contribution in [2.75, 3.05) is 5.73 Å². The van der Waals surface area contributed by atoms with Gasteiger partial charge in [0.15, 0.2) is 0 Å². The molecule has 1 saturated heterocycles. The second-order valence-electron chi connectivity index (χ2n) is 5.59. The molecule has 0 atom stereocenters. The number of rotatable bonds is 2. The molecule has 1 aliphatic rings. The molecule has 3 N–H and O–H groups in total.